The van der Waals surface area contributed by atoms with E-state index in [2.05, 4.69) is 16.2 Å². The van der Waals surface area contributed by atoms with E-state index in [0.717, 1.165) is 22.6 Å². The summed E-state index contributed by atoms with van der Waals surface area (Å²) >= 11 is 12.1. The quantitative estimate of drug-likeness (QED) is 0.329. The van der Waals surface area contributed by atoms with E-state index in [-0.39, 0.29) is 6.61 Å². The van der Waals surface area contributed by atoms with Gasteiger partial charge in [0.2, 0.25) is 5.89 Å². The zero-order valence-electron chi connectivity index (χ0n) is 17.3. The maximum atomic E-state index is 9.06. The van der Waals surface area contributed by atoms with Crippen LogP contribution in [0.4, 0.5) is 0 Å². The second-order valence-corrected chi connectivity index (χ2v) is 7.88. The van der Waals surface area contributed by atoms with Crippen molar-refractivity contribution in [3.05, 3.63) is 92.9 Å². The molecule has 4 rings (SSSR count). The fraction of sp³-hybridized carbons (Fsp3) is 0.125. The lowest BCUT2D eigenvalue weighted by Gasteiger charge is -2.07. The largest absolute Gasteiger partial charge is 0.483 e. The van der Waals surface area contributed by atoms with Gasteiger partial charge in [-0.15, -0.1) is 0 Å². The predicted octanol–water partition coefficient (Wildman–Crippen LogP) is 6.41. The monoisotopic (exact) mass is 464 g/mol. The van der Waals surface area contributed by atoms with Crippen molar-refractivity contribution in [1.82, 2.24) is 14.8 Å². The summed E-state index contributed by atoms with van der Waals surface area (Å²) in [6, 6.07) is 14.7. The van der Waals surface area contributed by atoms with Gasteiger partial charge in [0.1, 0.15) is 30.3 Å². The summed E-state index contributed by atoms with van der Waals surface area (Å²) in [5, 5.41) is 14.7. The van der Waals surface area contributed by atoms with Crippen LogP contribution in [-0.2, 0) is 6.61 Å². The summed E-state index contributed by atoms with van der Waals surface area (Å²) in [5.41, 5.74) is 4.37. The third-order valence-corrected chi connectivity index (χ3v) is 5.33. The van der Waals surface area contributed by atoms with Gasteiger partial charge in [-0.2, -0.15) is 10.4 Å². The number of hydrogen-bond acceptors (Lipinski definition) is 5. The van der Waals surface area contributed by atoms with Gasteiger partial charge in [0.05, 0.1) is 22.0 Å². The molecular formula is C24H18Cl2N4O2. The molecule has 0 bridgehead atoms. The number of rotatable bonds is 6. The van der Waals surface area contributed by atoms with E-state index >= 15 is 0 Å². The van der Waals surface area contributed by atoms with E-state index in [4.69, 9.17) is 37.6 Å². The predicted molar refractivity (Wildman–Crippen MR) is 124 cm³/mol. The van der Waals surface area contributed by atoms with Crippen LogP contribution in [0.5, 0.6) is 5.75 Å². The molecule has 0 aliphatic carbocycles. The first kappa shape index (κ1) is 21.7. The molecule has 0 aliphatic rings. The molecule has 0 amide bonds. The number of benzene rings is 2. The summed E-state index contributed by atoms with van der Waals surface area (Å²) in [4.78, 5) is 4.43. The van der Waals surface area contributed by atoms with Crippen LogP contribution < -0.4 is 4.74 Å². The van der Waals surface area contributed by atoms with Crippen molar-refractivity contribution in [2.45, 2.75) is 20.5 Å². The fourth-order valence-electron chi connectivity index (χ4n) is 3.17. The van der Waals surface area contributed by atoms with Crippen LogP contribution in [0.2, 0.25) is 10.0 Å². The molecule has 0 unspecified atom stereocenters. The SMILES string of the molecule is Cc1nn(-c2ccc(C#N)c(Cl)c2)c(C)c1OCc1coc(/C=C/c2ccc(Cl)cc2)n1. The number of aryl methyl sites for hydroxylation is 1. The Balaban J connectivity index is 1.46. The molecule has 2 heterocycles. The van der Waals surface area contributed by atoms with Gasteiger partial charge >= 0.3 is 0 Å². The molecule has 32 heavy (non-hydrogen) atoms. The van der Waals surface area contributed by atoms with E-state index in [9.17, 15) is 0 Å². The van der Waals surface area contributed by atoms with Gasteiger partial charge in [-0.05, 0) is 55.8 Å². The molecule has 0 saturated heterocycles. The zero-order chi connectivity index (χ0) is 22.7. The molecule has 6 nitrogen and oxygen atoms in total. The first-order valence-corrected chi connectivity index (χ1v) is 10.5. The number of nitriles is 1. The molecule has 0 atom stereocenters. The van der Waals surface area contributed by atoms with Gasteiger partial charge in [-0.25, -0.2) is 9.67 Å². The molecule has 0 saturated carbocycles. The highest BCUT2D eigenvalue weighted by Gasteiger charge is 2.16. The highest BCUT2D eigenvalue weighted by molar-refractivity contribution is 6.32. The van der Waals surface area contributed by atoms with Crippen molar-refractivity contribution >= 4 is 35.4 Å². The minimum Gasteiger partial charge on any atom is -0.483 e. The smallest absolute Gasteiger partial charge is 0.218 e. The molecule has 0 fully saturated rings. The lowest BCUT2D eigenvalue weighted by molar-refractivity contribution is 0.296. The van der Waals surface area contributed by atoms with E-state index < -0.39 is 0 Å². The topological polar surface area (TPSA) is 76.9 Å². The van der Waals surface area contributed by atoms with Gasteiger partial charge in [0, 0.05) is 11.1 Å². The van der Waals surface area contributed by atoms with Gasteiger partial charge in [-0.1, -0.05) is 35.3 Å². The van der Waals surface area contributed by atoms with Gasteiger partial charge in [-0.3, -0.25) is 0 Å². The standard InChI is InChI=1S/C24H18Cl2N4O2/c1-15-24(16(2)30(29-15)21-9-6-18(12-27)22(26)11-21)32-14-20-13-31-23(28-20)10-5-17-3-7-19(25)8-4-17/h3-11,13H,14H2,1-2H3/b10-5+. The summed E-state index contributed by atoms with van der Waals surface area (Å²) in [6.07, 6.45) is 5.25. The Morgan fingerprint density at radius 3 is 2.62 bits per heavy atom. The van der Waals surface area contributed by atoms with Crippen LogP contribution >= 0.6 is 23.2 Å². The average Bonchev–Trinajstić information content (AvgIpc) is 3.35. The van der Waals surface area contributed by atoms with Crippen molar-refractivity contribution in [1.29, 1.82) is 5.26 Å². The lowest BCUT2D eigenvalue weighted by Crippen LogP contribution is -2.01. The van der Waals surface area contributed by atoms with Crippen LogP contribution in [0.3, 0.4) is 0 Å². The van der Waals surface area contributed by atoms with Crippen LogP contribution in [0, 0.1) is 25.2 Å². The Hall–Kier alpha value is -3.53. The number of nitrogens with zero attached hydrogens (tertiary/aromatic N) is 4. The first-order valence-electron chi connectivity index (χ1n) is 9.71. The molecule has 0 N–H and O–H groups in total. The Bertz CT molecular complexity index is 1330. The molecule has 0 radical (unpaired) electrons. The Labute approximate surface area is 195 Å². The minimum atomic E-state index is 0.236. The minimum absolute atomic E-state index is 0.236. The number of halogens is 2. The maximum Gasteiger partial charge on any atom is 0.218 e. The van der Waals surface area contributed by atoms with Gasteiger partial charge in [0.25, 0.3) is 0 Å². The third-order valence-electron chi connectivity index (χ3n) is 4.76. The molecular weight excluding hydrogens is 447 g/mol. The van der Waals surface area contributed by atoms with E-state index in [1.54, 1.807) is 35.2 Å². The van der Waals surface area contributed by atoms with E-state index in [1.807, 2.05) is 44.2 Å². The number of hydrogen-bond donors (Lipinski definition) is 0. The first-order chi connectivity index (χ1) is 15.4. The molecule has 160 valence electrons. The van der Waals surface area contributed by atoms with Crippen LogP contribution in [0.15, 0.2) is 53.1 Å². The second kappa shape index (κ2) is 9.31. The number of aromatic nitrogens is 3. The molecule has 2 aromatic carbocycles. The second-order valence-electron chi connectivity index (χ2n) is 7.04. The fourth-order valence-corrected chi connectivity index (χ4v) is 3.51. The van der Waals surface area contributed by atoms with Crippen molar-refractivity contribution in [3.8, 4) is 17.5 Å². The number of ether oxygens (including phenoxy) is 1. The number of oxazole rings is 1. The van der Waals surface area contributed by atoms with E-state index in [1.165, 1.54) is 0 Å². The normalized spacial score (nSPS) is 11.1. The Morgan fingerprint density at radius 1 is 1.12 bits per heavy atom. The average molecular weight is 465 g/mol. The third kappa shape index (κ3) is 4.70. The van der Waals surface area contributed by atoms with Crippen molar-refractivity contribution < 1.29 is 9.15 Å². The summed E-state index contributed by atoms with van der Waals surface area (Å²) in [5.74, 6) is 1.14. The molecule has 2 aromatic heterocycles. The molecule has 4 aromatic rings. The molecule has 0 aliphatic heterocycles. The van der Waals surface area contributed by atoms with Crippen LogP contribution in [0.25, 0.3) is 17.8 Å². The van der Waals surface area contributed by atoms with E-state index in [0.29, 0.717) is 32.9 Å². The zero-order valence-corrected chi connectivity index (χ0v) is 18.9. The van der Waals surface area contributed by atoms with Crippen molar-refractivity contribution in [2.75, 3.05) is 0 Å². The summed E-state index contributed by atoms with van der Waals surface area (Å²) in [7, 11) is 0. The lowest BCUT2D eigenvalue weighted by atomic mass is 10.2. The van der Waals surface area contributed by atoms with Gasteiger partial charge < -0.3 is 9.15 Å². The summed E-state index contributed by atoms with van der Waals surface area (Å²) < 4.78 is 13.2. The highest BCUT2D eigenvalue weighted by Crippen LogP contribution is 2.28. The molecule has 0 spiro atoms. The Kier molecular flexibility index (Phi) is 6.31. The highest BCUT2D eigenvalue weighted by atomic mass is 35.5. The van der Waals surface area contributed by atoms with Crippen LogP contribution in [-0.4, -0.2) is 14.8 Å². The van der Waals surface area contributed by atoms with Gasteiger partial charge in [0.15, 0.2) is 5.75 Å². The van der Waals surface area contributed by atoms with Crippen LogP contribution in [0.1, 0.15) is 34.1 Å². The summed E-state index contributed by atoms with van der Waals surface area (Å²) in [6.45, 7) is 4.01. The van der Waals surface area contributed by atoms with Crippen molar-refractivity contribution in [3.63, 3.8) is 0 Å². The van der Waals surface area contributed by atoms with Crippen molar-refractivity contribution in [2.24, 2.45) is 0 Å². The maximum absolute atomic E-state index is 9.06. The molecule has 8 heteroatoms. The Morgan fingerprint density at radius 2 is 1.91 bits per heavy atom.